The number of hydrogen-bond donors (Lipinski definition) is 3. The fraction of sp³-hybridized carbons (Fsp3) is 0.353. The van der Waals surface area contributed by atoms with Crippen molar-refractivity contribution in [2.45, 2.75) is 64.5 Å². The molecule has 0 radical (unpaired) electrons. The Balaban J connectivity index is 1.41. The SMILES string of the molecule is Cc1c2ccc(c1N)N(N)CCCCCCn1ccc3ccc(cc31)C(=O)N1CCc3ccc(cc3C1)C2CC(=O)O. The lowest BCUT2D eigenvalue weighted by atomic mass is 9.83. The third-order valence-electron chi connectivity index (χ3n) is 9.10. The molecule has 3 aliphatic rings. The number of nitrogens with zero attached hydrogens (tertiary/aromatic N) is 3. The van der Waals surface area contributed by atoms with Gasteiger partial charge in [0.2, 0.25) is 0 Å². The molecule has 4 aromatic rings. The second-order valence-electron chi connectivity index (χ2n) is 11.8. The molecule has 1 aromatic heterocycles. The average Bonchev–Trinajstić information content (AvgIpc) is 3.39. The van der Waals surface area contributed by atoms with E-state index < -0.39 is 5.97 Å². The van der Waals surface area contributed by atoms with Crippen molar-refractivity contribution in [3.05, 3.63) is 94.2 Å². The molecular formula is C34H39N5O3. The Morgan fingerprint density at radius 2 is 1.76 bits per heavy atom. The molecule has 1 atom stereocenters. The van der Waals surface area contributed by atoms with Gasteiger partial charge in [0.05, 0.1) is 17.8 Å². The quantitative estimate of drug-likeness (QED) is 0.215. The molecule has 4 heterocycles. The van der Waals surface area contributed by atoms with Crippen LogP contribution in [0.5, 0.6) is 0 Å². The van der Waals surface area contributed by atoms with Crippen molar-refractivity contribution in [3.8, 4) is 0 Å². The Kier molecular flexibility index (Phi) is 7.64. The van der Waals surface area contributed by atoms with Crippen molar-refractivity contribution in [2.24, 2.45) is 5.84 Å². The number of hydrazine groups is 1. The smallest absolute Gasteiger partial charge is 0.304 e. The van der Waals surface area contributed by atoms with Crippen LogP contribution in [0, 0.1) is 6.92 Å². The fourth-order valence-electron chi connectivity index (χ4n) is 6.64. The molecular weight excluding hydrogens is 526 g/mol. The number of amides is 1. The van der Waals surface area contributed by atoms with E-state index in [2.05, 4.69) is 29.0 Å². The van der Waals surface area contributed by atoms with Gasteiger partial charge in [0, 0.05) is 49.4 Å². The summed E-state index contributed by atoms with van der Waals surface area (Å²) >= 11 is 0. The summed E-state index contributed by atoms with van der Waals surface area (Å²) in [6.07, 6.45) is 6.91. The number of rotatable bonds is 2. The summed E-state index contributed by atoms with van der Waals surface area (Å²) in [5, 5.41) is 12.7. The van der Waals surface area contributed by atoms with E-state index in [0.29, 0.717) is 30.9 Å². The lowest BCUT2D eigenvalue weighted by molar-refractivity contribution is -0.137. The zero-order chi connectivity index (χ0) is 29.4. The Hall–Kier alpha value is -4.30. The lowest BCUT2D eigenvalue weighted by Crippen LogP contribution is -2.36. The second-order valence-corrected chi connectivity index (χ2v) is 11.8. The van der Waals surface area contributed by atoms with Crippen molar-refractivity contribution >= 4 is 34.2 Å². The van der Waals surface area contributed by atoms with Crippen LogP contribution in [0.4, 0.5) is 11.4 Å². The van der Waals surface area contributed by atoms with E-state index in [1.165, 1.54) is 5.56 Å². The van der Waals surface area contributed by atoms with Crippen LogP contribution in [0.1, 0.15) is 76.2 Å². The van der Waals surface area contributed by atoms with Crippen LogP contribution in [-0.4, -0.2) is 39.5 Å². The first-order valence-corrected chi connectivity index (χ1v) is 14.9. The molecule has 8 nitrogen and oxygen atoms in total. The predicted molar refractivity (Wildman–Crippen MR) is 167 cm³/mol. The molecule has 1 unspecified atom stereocenters. The van der Waals surface area contributed by atoms with E-state index in [4.69, 9.17) is 11.6 Å². The molecule has 42 heavy (non-hydrogen) atoms. The summed E-state index contributed by atoms with van der Waals surface area (Å²) in [7, 11) is 0. The number of aryl methyl sites for hydroxylation is 1. The minimum Gasteiger partial charge on any atom is -0.481 e. The number of carbonyl (C=O) groups is 2. The van der Waals surface area contributed by atoms with Gasteiger partial charge in [-0.05, 0) is 83.7 Å². The highest BCUT2D eigenvalue weighted by atomic mass is 16.4. The van der Waals surface area contributed by atoms with Crippen LogP contribution in [-0.2, 0) is 24.3 Å². The Bertz CT molecular complexity index is 1660. The maximum absolute atomic E-state index is 13.7. The van der Waals surface area contributed by atoms with Gasteiger partial charge in [-0.15, -0.1) is 0 Å². The molecule has 218 valence electrons. The molecule has 8 heteroatoms. The number of aromatic nitrogens is 1. The number of fused-ring (bicyclic) bond motifs is 8. The van der Waals surface area contributed by atoms with Gasteiger partial charge in [-0.2, -0.15) is 0 Å². The monoisotopic (exact) mass is 565 g/mol. The van der Waals surface area contributed by atoms with Crippen LogP contribution in [0.25, 0.3) is 10.9 Å². The maximum atomic E-state index is 13.7. The normalized spacial score (nSPS) is 18.0. The van der Waals surface area contributed by atoms with Gasteiger partial charge in [-0.25, -0.2) is 5.84 Å². The number of aliphatic carboxylic acids is 1. The summed E-state index contributed by atoms with van der Waals surface area (Å²) in [6, 6.07) is 18.2. The summed E-state index contributed by atoms with van der Waals surface area (Å²) in [6.45, 7) is 4.66. The van der Waals surface area contributed by atoms with Crippen LogP contribution in [0.2, 0.25) is 0 Å². The van der Waals surface area contributed by atoms with Crippen molar-refractivity contribution in [1.82, 2.24) is 9.47 Å². The van der Waals surface area contributed by atoms with E-state index in [9.17, 15) is 14.7 Å². The molecule has 7 bridgehead atoms. The Morgan fingerprint density at radius 1 is 0.952 bits per heavy atom. The van der Waals surface area contributed by atoms with Gasteiger partial charge in [-0.1, -0.05) is 43.2 Å². The number of hydrogen-bond acceptors (Lipinski definition) is 5. The average molecular weight is 566 g/mol. The highest BCUT2D eigenvalue weighted by Crippen LogP contribution is 2.38. The van der Waals surface area contributed by atoms with Gasteiger partial charge in [-0.3, -0.25) is 9.59 Å². The summed E-state index contributed by atoms with van der Waals surface area (Å²) in [5.74, 6) is 5.23. The summed E-state index contributed by atoms with van der Waals surface area (Å²) in [5.41, 5.74) is 14.7. The number of anilines is 2. The molecule has 3 aromatic carbocycles. The van der Waals surface area contributed by atoms with Crippen LogP contribution < -0.4 is 16.6 Å². The summed E-state index contributed by atoms with van der Waals surface area (Å²) < 4.78 is 2.25. The first-order valence-electron chi connectivity index (χ1n) is 14.9. The van der Waals surface area contributed by atoms with Gasteiger partial charge in [0.15, 0.2) is 0 Å². The number of carboxylic acids is 1. The van der Waals surface area contributed by atoms with Gasteiger partial charge in [0.25, 0.3) is 5.91 Å². The number of benzene rings is 3. The van der Waals surface area contributed by atoms with Gasteiger partial charge >= 0.3 is 5.97 Å². The number of nitrogens with two attached hydrogens (primary N) is 2. The largest absolute Gasteiger partial charge is 0.481 e. The molecule has 1 amide bonds. The molecule has 0 saturated carbocycles. The molecule has 3 aliphatic heterocycles. The van der Waals surface area contributed by atoms with Gasteiger partial charge < -0.3 is 25.3 Å². The minimum absolute atomic E-state index is 0.0236. The summed E-state index contributed by atoms with van der Waals surface area (Å²) in [4.78, 5) is 27.7. The molecule has 0 aliphatic carbocycles. The van der Waals surface area contributed by atoms with E-state index in [0.717, 1.165) is 77.5 Å². The zero-order valence-electron chi connectivity index (χ0n) is 24.2. The molecule has 7 rings (SSSR count). The maximum Gasteiger partial charge on any atom is 0.304 e. The van der Waals surface area contributed by atoms with E-state index in [-0.39, 0.29) is 18.2 Å². The third kappa shape index (κ3) is 5.34. The topological polar surface area (TPSA) is 118 Å². The Labute approximate surface area is 246 Å². The van der Waals surface area contributed by atoms with Crippen LogP contribution >= 0.6 is 0 Å². The van der Waals surface area contributed by atoms with E-state index >= 15 is 0 Å². The first-order chi connectivity index (χ1) is 20.3. The number of nitrogen functional groups attached to an aromatic ring is 1. The number of carbonyl (C=O) groups excluding carboxylic acids is 1. The standard InChI is InChI=1S/C34H39N5O3/c1-22-28-10-11-30(33(22)35)39(36)15-5-3-2-4-14-37-16-13-24-7-9-26(19-31(24)37)34(42)38-17-12-23-6-8-25(18-27(23)21-38)29(28)20-32(40)41/h6-11,13,16,18-19,29H,2-5,12,14-15,17,20-21,35-36H2,1H3,(H,40,41). The predicted octanol–water partition coefficient (Wildman–Crippen LogP) is 5.59. The highest BCUT2D eigenvalue weighted by Gasteiger charge is 2.26. The minimum atomic E-state index is -0.876. The second kappa shape index (κ2) is 11.5. The van der Waals surface area contributed by atoms with E-state index in [1.807, 2.05) is 48.2 Å². The van der Waals surface area contributed by atoms with Crippen molar-refractivity contribution in [2.75, 3.05) is 23.8 Å². The first kappa shape index (κ1) is 27.8. The fourth-order valence-corrected chi connectivity index (χ4v) is 6.64. The van der Waals surface area contributed by atoms with E-state index in [1.54, 1.807) is 5.01 Å². The number of carboxylic acid groups (broad SMARTS) is 1. The lowest BCUT2D eigenvalue weighted by Gasteiger charge is -2.30. The van der Waals surface area contributed by atoms with Crippen molar-refractivity contribution in [1.29, 1.82) is 0 Å². The van der Waals surface area contributed by atoms with Crippen molar-refractivity contribution < 1.29 is 14.7 Å². The molecule has 0 fully saturated rings. The van der Waals surface area contributed by atoms with Crippen molar-refractivity contribution in [3.63, 3.8) is 0 Å². The van der Waals surface area contributed by atoms with Gasteiger partial charge in [0.1, 0.15) is 0 Å². The van der Waals surface area contributed by atoms with Crippen LogP contribution in [0.15, 0.2) is 60.8 Å². The molecule has 0 saturated heterocycles. The molecule has 5 N–H and O–H groups in total. The molecule has 0 spiro atoms. The highest BCUT2D eigenvalue weighted by molar-refractivity contribution is 5.98. The van der Waals surface area contributed by atoms with Crippen LogP contribution in [0.3, 0.4) is 0 Å². The zero-order valence-corrected chi connectivity index (χ0v) is 24.2. The Morgan fingerprint density at radius 3 is 2.57 bits per heavy atom. The third-order valence-corrected chi connectivity index (χ3v) is 9.10.